The van der Waals surface area contributed by atoms with Gasteiger partial charge in [-0.05, 0) is 6.92 Å². The number of hydrogen-bond acceptors (Lipinski definition) is 7. The van der Waals surface area contributed by atoms with Gasteiger partial charge in [0.05, 0.1) is 0 Å². The van der Waals surface area contributed by atoms with E-state index in [4.69, 9.17) is 9.84 Å². The van der Waals surface area contributed by atoms with E-state index < -0.39 is 36.1 Å². The maximum atomic E-state index is 11.4. The minimum absolute atomic E-state index is 0.308. The second kappa shape index (κ2) is 8.73. The molecule has 0 bridgehead atoms. The second-order valence-corrected chi connectivity index (χ2v) is 3.84. The molecule has 0 fully saturated rings. The van der Waals surface area contributed by atoms with Crippen LogP contribution in [0.5, 0.6) is 0 Å². The number of carboxylic acids is 1. The van der Waals surface area contributed by atoms with Gasteiger partial charge in [-0.25, -0.2) is 4.79 Å². The molecule has 20 heavy (non-hydrogen) atoms. The molecule has 0 rings (SSSR count). The van der Waals surface area contributed by atoms with Crippen molar-refractivity contribution in [3.8, 4) is 0 Å². The van der Waals surface area contributed by atoms with Crippen LogP contribution >= 0.6 is 0 Å². The Balaban J connectivity index is 4.37. The molecule has 0 radical (unpaired) electrons. The number of ether oxygens (including phenoxy) is 3. The highest BCUT2D eigenvalue weighted by Crippen LogP contribution is 1.98. The smallest absolute Gasteiger partial charge is 0.408 e. The summed E-state index contributed by atoms with van der Waals surface area (Å²) in [6, 6.07) is -1.15. The number of alkyl carbamates (subject to hydrolysis) is 1. The molecule has 0 aliphatic carbocycles. The first-order valence-electron chi connectivity index (χ1n) is 5.69. The summed E-state index contributed by atoms with van der Waals surface area (Å²) in [6.45, 7) is 2.95. The Morgan fingerprint density at radius 1 is 1.05 bits per heavy atom. The quantitative estimate of drug-likeness (QED) is 0.482. The number of nitrogens with one attached hydrogen (secondary N) is 1. The van der Waals surface area contributed by atoms with E-state index in [2.05, 4.69) is 9.47 Å². The fourth-order valence-corrected chi connectivity index (χ4v) is 0.961. The van der Waals surface area contributed by atoms with E-state index in [1.54, 1.807) is 0 Å². The zero-order valence-corrected chi connectivity index (χ0v) is 11.4. The van der Waals surface area contributed by atoms with E-state index >= 15 is 0 Å². The largest absolute Gasteiger partial charge is 0.480 e. The molecule has 1 amide bonds. The zero-order valence-electron chi connectivity index (χ0n) is 11.4. The monoisotopic (exact) mass is 291 g/mol. The number of hydrogen-bond donors (Lipinski definition) is 2. The summed E-state index contributed by atoms with van der Waals surface area (Å²) in [4.78, 5) is 43.3. The third-order valence-electron chi connectivity index (χ3n) is 1.92. The summed E-state index contributed by atoms with van der Waals surface area (Å²) in [7, 11) is 0. The van der Waals surface area contributed by atoms with Crippen molar-refractivity contribution in [3.63, 3.8) is 0 Å². The molecule has 2 N–H and O–H groups in total. The fourth-order valence-electron chi connectivity index (χ4n) is 0.961. The maximum Gasteiger partial charge on any atom is 0.408 e. The van der Waals surface area contributed by atoms with Crippen LogP contribution in [0.4, 0.5) is 4.79 Å². The molecular formula is C11H17NO8. The van der Waals surface area contributed by atoms with E-state index in [9.17, 15) is 19.2 Å². The summed E-state index contributed by atoms with van der Waals surface area (Å²) in [5, 5.41) is 10.7. The minimum Gasteiger partial charge on any atom is -0.480 e. The average Bonchev–Trinajstić information content (AvgIpc) is 2.31. The number of rotatable bonds is 7. The lowest BCUT2D eigenvalue weighted by Crippen LogP contribution is -2.42. The number of aliphatic carboxylic acids is 1. The Hall–Kier alpha value is -2.32. The standard InChI is InChI=1S/C11H17NO8/c1-6(10(15)16)12-11(17)20-9(4-18-7(2)13)5-19-8(3)14/h6,9H,4-5H2,1-3H3,(H,12,17)(H,15,16). The van der Waals surface area contributed by atoms with Gasteiger partial charge in [0, 0.05) is 13.8 Å². The number of amides is 1. The van der Waals surface area contributed by atoms with Crippen LogP contribution in [0.3, 0.4) is 0 Å². The van der Waals surface area contributed by atoms with Crippen LogP contribution in [-0.2, 0) is 28.6 Å². The van der Waals surface area contributed by atoms with Crippen LogP contribution in [0, 0.1) is 0 Å². The number of esters is 2. The van der Waals surface area contributed by atoms with Gasteiger partial charge < -0.3 is 24.6 Å². The molecule has 0 saturated heterocycles. The van der Waals surface area contributed by atoms with E-state index in [-0.39, 0.29) is 13.2 Å². The third-order valence-corrected chi connectivity index (χ3v) is 1.92. The Morgan fingerprint density at radius 2 is 1.50 bits per heavy atom. The van der Waals surface area contributed by atoms with Gasteiger partial charge in [0.2, 0.25) is 0 Å². The topological polar surface area (TPSA) is 128 Å². The van der Waals surface area contributed by atoms with Gasteiger partial charge in [-0.3, -0.25) is 14.4 Å². The first kappa shape index (κ1) is 17.7. The van der Waals surface area contributed by atoms with Crippen molar-refractivity contribution in [2.24, 2.45) is 0 Å². The molecule has 0 aliphatic rings. The molecule has 0 aromatic heterocycles. The van der Waals surface area contributed by atoms with E-state index in [1.807, 2.05) is 5.32 Å². The molecule has 1 unspecified atom stereocenters. The van der Waals surface area contributed by atoms with E-state index in [1.165, 1.54) is 6.92 Å². The Morgan fingerprint density at radius 3 is 1.85 bits per heavy atom. The van der Waals surface area contributed by atoms with Crippen LogP contribution in [0.1, 0.15) is 20.8 Å². The molecule has 9 heteroatoms. The molecule has 9 nitrogen and oxygen atoms in total. The summed E-state index contributed by atoms with van der Waals surface area (Å²) in [6.07, 6.45) is -2.05. The molecule has 0 aromatic carbocycles. The summed E-state index contributed by atoms with van der Waals surface area (Å²) in [5.41, 5.74) is 0. The Kier molecular flexibility index (Phi) is 7.71. The van der Waals surface area contributed by atoms with Gasteiger partial charge in [0.1, 0.15) is 19.3 Å². The zero-order chi connectivity index (χ0) is 15.7. The molecule has 1 atom stereocenters. The SMILES string of the molecule is CC(=O)OCC(COC(C)=O)OC(=O)NC(C)C(=O)O. The molecule has 0 heterocycles. The highest BCUT2D eigenvalue weighted by Gasteiger charge is 2.21. The molecule has 0 aromatic rings. The van der Waals surface area contributed by atoms with E-state index in [0.29, 0.717) is 0 Å². The molecule has 0 aliphatic heterocycles. The van der Waals surface area contributed by atoms with Crippen LogP contribution in [-0.4, -0.2) is 54.5 Å². The fraction of sp³-hybridized carbons (Fsp3) is 0.636. The van der Waals surface area contributed by atoms with Crippen molar-refractivity contribution in [3.05, 3.63) is 0 Å². The second-order valence-electron chi connectivity index (χ2n) is 3.84. The highest BCUT2D eigenvalue weighted by atomic mass is 16.6. The molecule has 0 spiro atoms. The lowest BCUT2D eigenvalue weighted by Gasteiger charge is -2.18. The molecule has 114 valence electrons. The van der Waals surface area contributed by atoms with Gasteiger partial charge >= 0.3 is 24.0 Å². The summed E-state index contributed by atoms with van der Waals surface area (Å²) in [5.74, 6) is -2.43. The van der Waals surface area contributed by atoms with Crippen LogP contribution < -0.4 is 5.32 Å². The van der Waals surface area contributed by atoms with Crippen LogP contribution in [0.2, 0.25) is 0 Å². The normalized spacial score (nSPS) is 11.4. The van der Waals surface area contributed by atoms with Crippen molar-refractivity contribution < 1.29 is 38.5 Å². The predicted molar refractivity (Wildman–Crippen MR) is 63.8 cm³/mol. The average molecular weight is 291 g/mol. The highest BCUT2D eigenvalue weighted by molar-refractivity contribution is 5.79. The van der Waals surface area contributed by atoms with Gasteiger partial charge in [-0.15, -0.1) is 0 Å². The van der Waals surface area contributed by atoms with Crippen LogP contribution in [0.25, 0.3) is 0 Å². The first-order chi connectivity index (χ1) is 9.22. The van der Waals surface area contributed by atoms with Gasteiger partial charge in [0.15, 0.2) is 6.10 Å². The first-order valence-corrected chi connectivity index (χ1v) is 5.69. The molecule has 0 saturated carbocycles. The summed E-state index contributed by atoms with van der Waals surface area (Å²) >= 11 is 0. The Bertz CT molecular complexity index is 363. The van der Waals surface area contributed by atoms with Crippen molar-refractivity contribution in [2.75, 3.05) is 13.2 Å². The van der Waals surface area contributed by atoms with Gasteiger partial charge in [0.25, 0.3) is 0 Å². The van der Waals surface area contributed by atoms with Gasteiger partial charge in [-0.2, -0.15) is 0 Å². The third kappa shape index (κ3) is 8.72. The van der Waals surface area contributed by atoms with Crippen molar-refractivity contribution in [1.29, 1.82) is 0 Å². The number of carboxylic acid groups (broad SMARTS) is 1. The van der Waals surface area contributed by atoms with Crippen molar-refractivity contribution >= 4 is 24.0 Å². The Labute approximate surface area is 115 Å². The van der Waals surface area contributed by atoms with Crippen molar-refractivity contribution in [1.82, 2.24) is 5.32 Å². The lowest BCUT2D eigenvalue weighted by molar-refractivity contribution is -0.149. The number of carbonyl (C=O) groups excluding carboxylic acids is 3. The minimum atomic E-state index is -1.24. The maximum absolute atomic E-state index is 11.4. The van der Waals surface area contributed by atoms with Crippen LogP contribution in [0.15, 0.2) is 0 Å². The predicted octanol–water partition coefficient (Wildman–Crippen LogP) is -0.319. The summed E-state index contributed by atoms with van der Waals surface area (Å²) < 4.78 is 14.1. The van der Waals surface area contributed by atoms with Gasteiger partial charge in [-0.1, -0.05) is 0 Å². The van der Waals surface area contributed by atoms with E-state index in [0.717, 1.165) is 13.8 Å². The molecular weight excluding hydrogens is 274 g/mol. The number of carbonyl (C=O) groups is 4. The lowest BCUT2D eigenvalue weighted by atomic mass is 10.3. The van der Waals surface area contributed by atoms with Crippen molar-refractivity contribution in [2.45, 2.75) is 32.9 Å².